The molecule has 0 aliphatic heterocycles. The van der Waals surface area contributed by atoms with Crippen molar-refractivity contribution in [2.75, 3.05) is 27.4 Å². The Balaban J connectivity index is 2.11. The molecule has 1 saturated carbocycles. The molecule has 1 aliphatic carbocycles. The van der Waals surface area contributed by atoms with E-state index in [1.165, 1.54) is 0 Å². The van der Waals surface area contributed by atoms with E-state index in [0.29, 0.717) is 30.4 Å². The maximum Gasteiger partial charge on any atom is 0.195 e. The number of rotatable bonds is 8. The summed E-state index contributed by atoms with van der Waals surface area (Å²) in [5.74, 6) is 0.981. The van der Waals surface area contributed by atoms with Gasteiger partial charge in [-0.15, -0.1) is 0 Å². The number of hydrogen-bond donors (Lipinski definition) is 0. The van der Waals surface area contributed by atoms with E-state index >= 15 is 0 Å². The first-order chi connectivity index (χ1) is 9.27. The van der Waals surface area contributed by atoms with Crippen LogP contribution in [0.3, 0.4) is 0 Å². The first-order valence-electron chi connectivity index (χ1n) is 6.55. The third kappa shape index (κ3) is 3.55. The third-order valence-corrected chi connectivity index (χ3v) is 3.26. The van der Waals surface area contributed by atoms with Gasteiger partial charge in [0, 0.05) is 14.2 Å². The second-order valence-electron chi connectivity index (χ2n) is 4.70. The summed E-state index contributed by atoms with van der Waals surface area (Å²) >= 11 is 0. The fourth-order valence-corrected chi connectivity index (χ4v) is 2.10. The van der Waals surface area contributed by atoms with E-state index in [4.69, 9.17) is 14.2 Å². The molecule has 1 atom stereocenters. The molecule has 2 rings (SSSR count). The van der Waals surface area contributed by atoms with Gasteiger partial charge in [0.25, 0.3) is 0 Å². The van der Waals surface area contributed by atoms with Crippen molar-refractivity contribution < 1.29 is 19.0 Å². The summed E-state index contributed by atoms with van der Waals surface area (Å²) in [7, 11) is 3.21. The number of benzene rings is 1. The molecule has 1 unspecified atom stereocenters. The molecule has 0 aromatic heterocycles. The standard InChI is InChI=1S/C15H20O4/c1-17-9-10-19-13-6-4-3-5-12(13)14(16)15(18-2)11-7-8-11/h3-6,11,15H,7-10H2,1-2H3. The lowest BCUT2D eigenvalue weighted by atomic mass is 10.0. The Morgan fingerprint density at radius 1 is 1.26 bits per heavy atom. The normalized spacial score (nSPS) is 16.1. The molecule has 0 spiro atoms. The van der Waals surface area contributed by atoms with Crippen LogP contribution in [0.2, 0.25) is 0 Å². The zero-order chi connectivity index (χ0) is 13.7. The molecule has 0 saturated heterocycles. The van der Waals surface area contributed by atoms with E-state index in [-0.39, 0.29) is 11.9 Å². The monoisotopic (exact) mass is 264 g/mol. The Bertz CT molecular complexity index is 426. The molecule has 1 aromatic carbocycles. The lowest BCUT2D eigenvalue weighted by Crippen LogP contribution is -2.26. The Morgan fingerprint density at radius 3 is 2.63 bits per heavy atom. The van der Waals surface area contributed by atoms with Gasteiger partial charge in [-0.1, -0.05) is 12.1 Å². The largest absolute Gasteiger partial charge is 0.490 e. The van der Waals surface area contributed by atoms with E-state index in [9.17, 15) is 4.79 Å². The minimum absolute atomic E-state index is 0.0121. The lowest BCUT2D eigenvalue weighted by molar-refractivity contribution is 0.0534. The van der Waals surface area contributed by atoms with Gasteiger partial charge < -0.3 is 14.2 Å². The highest BCUT2D eigenvalue weighted by Gasteiger charge is 2.37. The molecule has 0 radical (unpaired) electrons. The van der Waals surface area contributed by atoms with E-state index in [2.05, 4.69) is 0 Å². The van der Waals surface area contributed by atoms with Gasteiger partial charge in [0.05, 0.1) is 12.2 Å². The molecule has 0 N–H and O–H groups in total. The van der Waals surface area contributed by atoms with Crippen molar-refractivity contribution in [3.05, 3.63) is 29.8 Å². The number of carbonyl (C=O) groups excluding carboxylic acids is 1. The van der Waals surface area contributed by atoms with Gasteiger partial charge in [-0.25, -0.2) is 0 Å². The van der Waals surface area contributed by atoms with Crippen LogP contribution in [0.15, 0.2) is 24.3 Å². The molecule has 1 aliphatic rings. The summed E-state index contributed by atoms with van der Waals surface area (Å²) in [6.07, 6.45) is 1.79. The maximum absolute atomic E-state index is 12.5. The minimum Gasteiger partial charge on any atom is -0.490 e. The van der Waals surface area contributed by atoms with E-state index < -0.39 is 0 Å². The second-order valence-corrected chi connectivity index (χ2v) is 4.70. The van der Waals surface area contributed by atoms with Gasteiger partial charge in [0.1, 0.15) is 18.5 Å². The average Bonchev–Trinajstić information content (AvgIpc) is 3.25. The molecule has 19 heavy (non-hydrogen) atoms. The Hall–Kier alpha value is -1.39. The quantitative estimate of drug-likeness (QED) is 0.534. The van der Waals surface area contributed by atoms with Gasteiger partial charge >= 0.3 is 0 Å². The summed E-state index contributed by atoms with van der Waals surface area (Å²) in [6.45, 7) is 0.931. The molecule has 0 amide bonds. The van der Waals surface area contributed by atoms with Crippen molar-refractivity contribution in [2.24, 2.45) is 5.92 Å². The number of carbonyl (C=O) groups is 1. The Morgan fingerprint density at radius 2 is 2.00 bits per heavy atom. The van der Waals surface area contributed by atoms with E-state index in [1.54, 1.807) is 20.3 Å². The van der Waals surface area contributed by atoms with Crippen molar-refractivity contribution in [3.8, 4) is 5.75 Å². The third-order valence-electron chi connectivity index (χ3n) is 3.26. The molecule has 104 valence electrons. The number of ether oxygens (including phenoxy) is 3. The smallest absolute Gasteiger partial charge is 0.195 e. The Labute approximate surface area is 113 Å². The van der Waals surface area contributed by atoms with Gasteiger partial charge in [-0.05, 0) is 30.9 Å². The highest BCUT2D eigenvalue weighted by atomic mass is 16.5. The summed E-state index contributed by atoms with van der Waals surface area (Å²) < 4.78 is 15.9. The molecule has 4 nitrogen and oxygen atoms in total. The summed E-state index contributed by atoms with van der Waals surface area (Å²) in [6, 6.07) is 7.30. The molecular formula is C15H20O4. The fourth-order valence-electron chi connectivity index (χ4n) is 2.10. The maximum atomic E-state index is 12.5. The molecule has 1 fully saturated rings. The van der Waals surface area contributed by atoms with Crippen molar-refractivity contribution in [3.63, 3.8) is 0 Å². The number of methoxy groups -OCH3 is 2. The van der Waals surface area contributed by atoms with Gasteiger partial charge in [0.2, 0.25) is 0 Å². The number of para-hydroxylation sites is 1. The van der Waals surface area contributed by atoms with Crippen LogP contribution in [0.4, 0.5) is 0 Å². The van der Waals surface area contributed by atoms with Crippen molar-refractivity contribution in [2.45, 2.75) is 18.9 Å². The lowest BCUT2D eigenvalue weighted by Gasteiger charge is -2.16. The highest BCUT2D eigenvalue weighted by molar-refractivity contribution is 6.02. The topological polar surface area (TPSA) is 44.8 Å². The Kier molecular flexibility index (Phi) is 4.93. The first kappa shape index (κ1) is 14.0. The number of Topliss-reactive ketones (excluding diaryl/α,β-unsaturated/α-hetero) is 1. The van der Waals surface area contributed by atoms with Crippen LogP contribution >= 0.6 is 0 Å². The van der Waals surface area contributed by atoms with Crippen LogP contribution in [-0.4, -0.2) is 39.3 Å². The van der Waals surface area contributed by atoms with Crippen LogP contribution in [0, 0.1) is 5.92 Å². The van der Waals surface area contributed by atoms with E-state index in [0.717, 1.165) is 12.8 Å². The highest BCUT2D eigenvalue weighted by Crippen LogP contribution is 2.36. The SMILES string of the molecule is COCCOc1ccccc1C(=O)C(OC)C1CC1. The average molecular weight is 264 g/mol. The van der Waals surface area contributed by atoms with Gasteiger partial charge in [-0.3, -0.25) is 4.79 Å². The zero-order valence-electron chi connectivity index (χ0n) is 11.4. The number of hydrogen-bond acceptors (Lipinski definition) is 4. The van der Waals surface area contributed by atoms with E-state index in [1.807, 2.05) is 18.2 Å². The second kappa shape index (κ2) is 6.68. The first-order valence-corrected chi connectivity index (χ1v) is 6.55. The van der Waals surface area contributed by atoms with Gasteiger partial charge in [0.15, 0.2) is 5.78 Å². The summed E-state index contributed by atoms with van der Waals surface area (Å²) in [4.78, 5) is 12.5. The van der Waals surface area contributed by atoms with Crippen molar-refractivity contribution >= 4 is 5.78 Å². The van der Waals surface area contributed by atoms with Crippen LogP contribution in [-0.2, 0) is 9.47 Å². The van der Waals surface area contributed by atoms with Crippen LogP contribution in [0.25, 0.3) is 0 Å². The van der Waals surface area contributed by atoms with Crippen LogP contribution < -0.4 is 4.74 Å². The summed E-state index contributed by atoms with van der Waals surface area (Å²) in [5, 5.41) is 0. The predicted octanol–water partition coefficient (Wildman–Crippen LogP) is 2.32. The minimum atomic E-state index is -0.341. The molecule has 0 heterocycles. The molecule has 0 bridgehead atoms. The van der Waals surface area contributed by atoms with Gasteiger partial charge in [-0.2, -0.15) is 0 Å². The zero-order valence-corrected chi connectivity index (χ0v) is 11.4. The van der Waals surface area contributed by atoms with Crippen molar-refractivity contribution in [1.82, 2.24) is 0 Å². The van der Waals surface area contributed by atoms with Crippen LogP contribution in [0.5, 0.6) is 5.75 Å². The molecule has 4 heteroatoms. The predicted molar refractivity (Wildman–Crippen MR) is 71.7 cm³/mol. The molecule has 1 aromatic rings. The van der Waals surface area contributed by atoms with Crippen molar-refractivity contribution in [1.29, 1.82) is 0 Å². The molecular weight excluding hydrogens is 244 g/mol. The van der Waals surface area contributed by atoms with Crippen LogP contribution in [0.1, 0.15) is 23.2 Å². The summed E-state index contributed by atoms with van der Waals surface area (Å²) in [5.41, 5.74) is 0.595. The fraction of sp³-hybridized carbons (Fsp3) is 0.533. The number of ketones is 1.